The van der Waals surface area contributed by atoms with Gasteiger partial charge in [0, 0.05) is 167 Å². The molecule has 592 valence electrons. The Morgan fingerprint density at radius 2 is 0.777 bits per heavy atom. The van der Waals surface area contributed by atoms with Crippen molar-refractivity contribution in [2.24, 2.45) is 11.1 Å². The smallest absolute Gasteiger partial charge is 0.407 e. The van der Waals surface area contributed by atoms with Crippen LogP contribution in [0.3, 0.4) is 0 Å². The van der Waals surface area contributed by atoms with Gasteiger partial charge in [0.25, 0.3) is 11.8 Å². The largest absolute Gasteiger partial charge is 0.480 e. The molecular formula is C72H129BrN12O18. The van der Waals surface area contributed by atoms with Crippen LogP contribution in [0.4, 0.5) is 4.79 Å². The SMILES string of the molecule is CC(C)(C)CC(=O)CN1CCNCCN(CC(=O)OC(C)(C)C)CC1.CC(C)(C)OC(=O)CN1CCN(CCCCN)CCN(CC(=O)OC(C)(C)C)CC1.CC(C)(C)OC(=O)NCCCCBr.O=C(O)CN1CCN(CCCCN2C(=O)C=CC2=O)CCN(CC(=O)O)CC1.O=C1C=CC(=O)O1. The van der Waals surface area contributed by atoms with Gasteiger partial charge in [-0.05, 0) is 147 Å². The van der Waals surface area contributed by atoms with Gasteiger partial charge >= 0.3 is 47.9 Å². The van der Waals surface area contributed by atoms with Crippen LogP contribution in [0.15, 0.2) is 24.3 Å². The number of hydrogen-bond donors (Lipinski definition) is 5. The number of alkyl carbamates (subject to hydrolysis) is 1. The summed E-state index contributed by atoms with van der Waals surface area (Å²) in [6.07, 6.45) is 10.6. The Bertz CT molecular complexity index is 2530. The van der Waals surface area contributed by atoms with Gasteiger partial charge in [-0.2, -0.15) is 0 Å². The summed E-state index contributed by atoms with van der Waals surface area (Å²) in [6, 6.07) is 0. The summed E-state index contributed by atoms with van der Waals surface area (Å²) in [4.78, 5) is 143. The van der Waals surface area contributed by atoms with E-state index in [1.807, 2.05) is 92.9 Å². The Balaban J connectivity index is 0.000000682. The predicted molar refractivity (Wildman–Crippen MR) is 397 cm³/mol. The van der Waals surface area contributed by atoms with Gasteiger partial charge in [-0.3, -0.25) is 72.7 Å². The van der Waals surface area contributed by atoms with Crippen LogP contribution in [0.25, 0.3) is 0 Å². The highest BCUT2D eigenvalue weighted by Gasteiger charge is 2.28. The van der Waals surface area contributed by atoms with E-state index >= 15 is 0 Å². The topological polar surface area (TPSA) is 354 Å². The number of hydrogen-bond acceptors (Lipinski definition) is 26. The van der Waals surface area contributed by atoms with Crippen LogP contribution in [0.2, 0.25) is 0 Å². The molecule has 5 heterocycles. The zero-order valence-electron chi connectivity index (χ0n) is 64.9. The lowest BCUT2D eigenvalue weighted by molar-refractivity contribution is -0.158. The molecule has 0 radical (unpaired) electrons. The summed E-state index contributed by atoms with van der Waals surface area (Å²) < 4.78 is 25.5. The van der Waals surface area contributed by atoms with Crippen molar-refractivity contribution in [2.45, 2.75) is 171 Å². The standard InChI is InChI=1S/C22H44N4O4.C19H37N3O3.C18H28N4O6.C9H18BrNO2.C4H2O3/c1-21(2,3)29-19(27)17-25-13-11-24(10-8-7-9-23)12-14-26(16-15-25)18-20(28)30-22(4,5)6;1-18(2,3)13-16(23)14-21-9-7-20-8-10-22(12-11-21)15-17(24)25-19(4,5)6;23-15-3-4-16(24)22(15)6-2-1-5-19-7-9-20(13-17(25)26)11-12-21(10-8-19)14-18(27)28;1-9(2,3)13-8(12)11-7-5-4-6-10;5-3-1-2-4(6)7-3/h7-18,23H2,1-6H3;20H,7-15H2,1-6H3;3-4H,1-2,5-14H2,(H,25,26)(H,27,28);4-7H2,1-3H3,(H,11,12);1-2H. The number of Topliss-reactive ketones (excluding diaryl/α,β-unsaturated/α-hetero) is 1. The molecule has 30 nitrogen and oxygen atoms in total. The molecule has 0 unspecified atom stereocenters. The van der Waals surface area contributed by atoms with Crippen molar-refractivity contribution >= 4 is 81.4 Å². The van der Waals surface area contributed by atoms with Crippen molar-refractivity contribution in [1.29, 1.82) is 0 Å². The van der Waals surface area contributed by atoms with Crippen molar-refractivity contribution in [1.82, 2.24) is 54.7 Å². The zero-order chi connectivity index (χ0) is 78.0. The first kappa shape index (κ1) is 95.1. The molecule has 5 aliphatic heterocycles. The number of unbranched alkanes of at least 4 members (excludes halogenated alkanes) is 3. The number of ether oxygens (including phenoxy) is 5. The number of aliphatic carboxylic acids is 2. The second-order valence-corrected chi connectivity index (χ2v) is 32.0. The number of carboxylic acid groups (broad SMARTS) is 2. The third-order valence-electron chi connectivity index (χ3n) is 15.2. The van der Waals surface area contributed by atoms with Crippen LogP contribution in [-0.4, -0.2) is 337 Å². The van der Waals surface area contributed by atoms with E-state index in [2.05, 4.69) is 81.5 Å². The quantitative estimate of drug-likeness (QED) is 0.0204. The number of cyclic esters (lactones) is 2. The minimum absolute atomic E-state index is 0.0255. The maximum Gasteiger partial charge on any atom is 0.407 e. The number of halogens is 1. The number of alkyl halides is 1. The van der Waals surface area contributed by atoms with Crippen molar-refractivity contribution in [3.63, 3.8) is 0 Å². The highest BCUT2D eigenvalue weighted by molar-refractivity contribution is 9.09. The molecule has 0 aromatic rings. The van der Waals surface area contributed by atoms with Gasteiger partial charge in [0.05, 0.1) is 39.3 Å². The Morgan fingerprint density at radius 1 is 0.447 bits per heavy atom. The molecule has 0 bridgehead atoms. The van der Waals surface area contributed by atoms with E-state index in [1.54, 1.807) is 0 Å². The Labute approximate surface area is 621 Å². The van der Waals surface area contributed by atoms with Crippen LogP contribution in [-0.2, 0) is 71.6 Å². The number of imide groups is 1. The number of carbonyl (C=O) groups excluding carboxylic acids is 9. The molecule has 103 heavy (non-hydrogen) atoms. The van der Waals surface area contributed by atoms with Crippen molar-refractivity contribution < 1.29 is 86.6 Å². The normalized spacial score (nSPS) is 18.0. The van der Waals surface area contributed by atoms with E-state index in [9.17, 15) is 52.7 Å². The number of nitrogens with one attached hydrogen (secondary N) is 2. The summed E-state index contributed by atoms with van der Waals surface area (Å²) in [7, 11) is 0. The molecule has 0 aromatic heterocycles. The van der Waals surface area contributed by atoms with Crippen molar-refractivity contribution in [3.05, 3.63) is 24.3 Å². The molecule has 0 aliphatic carbocycles. The molecule has 5 aliphatic rings. The molecular weight excluding hydrogens is 1400 g/mol. The summed E-state index contributed by atoms with van der Waals surface area (Å²) in [5, 5.41) is 25.2. The van der Waals surface area contributed by atoms with Crippen LogP contribution in [0, 0.1) is 5.41 Å². The number of rotatable bonds is 26. The molecule has 3 fully saturated rings. The first-order valence-electron chi connectivity index (χ1n) is 36.2. The van der Waals surface area contributed by atoms with Crippen molar-refractivity contribution in [3.8, 4) is 0 Å². The highest BCUT2D eigenvalue weighted by atomic mass is 79.9. The molecule has 31 heteroatoms. The van der Waals surface area contributed by atoms with E-state index < -0.39 is 46.3 Å². The number of esters is 5. The fourth-order valence-electron chi connectivity index (χ4n) is 10.6. The van der Waals surface area contributed by atoms with Gasteiger partial charge in [0.2, 0.25) is 0 Å². The Kier molecular flexibility index (Phi) is 46.0. The number of nitrogens with two attached hydrogens (primary N) is 1. The first-order valence-corrected chi connectivity index (χ1v) is 37.3. The van der Waals surface area contributed by atoms with Gasteiger partial charge in [-0.15, -0.1) is 0 Å². The van der Waals surface area contributed by atoms with Crippen molar-refractivity contribution in [2.75, 3.05) is 195 Å². The number of carboxylic acids is 2. The van der Waals surface area contributed by atoms with E-state index in [4.69, 9.17) is 34.9 Å². The van der Waals surface area contributed by atoms with Crippen LogP contribution in [0.5, 0.6) is 0 Å². The monoisotopic (exact) mass is 1530 g/mol. The summed E-state index contributed by atoms with van der Waals surface area (Å²) >= 11 is 3.32. The lowest BCUT2D eigenvalue weighted by Crippen LogP contribution is -2.42. The number of carbonyl (C=O) groups is 11. The summed E-state index contributed by atoms with van der Waals surface area (Å²) in [6.45, 7) is 46.7. The molecule has 3 amide bonds. The van der Waals surface area contributed by atoms with Gasteiger partial charge in [0.15, 0.2) is 0 Å². The average molecular weight is 1530 g/mol. The number of nitrogens with zero attached hydrogens (tertiary/aromatic N) is 9. The Morgan fingerprint density at radius 3 is 1.10 bits per heavy atom. The zero-order valence-corrected chi connectivity index (χ0v) is 66.5. The lowest BCUT2D eigenvalue weighted by atomic mass is 9.90. The fourth-order valence-corrected chi connectivity index (χ4v) is 11.0. The fraction of sp³-hybridized carbons (Fsp3) is 0.792. The van der Waals surface area contributed by atoms with E-state index in [-0.39, 0.29) is 73.2 Å². The lowest BCUT2D eigenvalue weighted by Gasteiger charge is -2.27. The number of amides is 3. The molecule has 0 spiro atoms. The van der Waals surface area contributed by atoms with Crippen LogP contribution in [0.1, 0.15) is 149 Å². The molecule has 3 saturated heterocycles. The van der Waals surface area contributed by atoms with Crippen LogP contribution < -0.4 is 16.4 Å². The van der Waals surface area contributed by atoms with Crippen LogP contribution >= 0.6 is 15.9 Å². The minimum Gasteiger partial charge on any atom is -0.480 e. The highest BCUT2D eigenvalue weighted by Crippen LogP contribution is 2.19. The molecule has 5 rings (SSSR count). The van der Waals surface area contributed by atoms with Gasteiger partial charge in [0.1, 0.15) is 28.2 Å². The second kappa shape index (κ2) is 49.8. The van der Waals surface area contributed by atoms with E-state index in [0.717, 1.165) is 128 Å². The van der Waals surface area contributed by atoms with Gasteiger partial charge < -0.3 is 60.1 Å². The molecule has 0 aromatic carbocycles. The average Bonchev–Trinajstić information content (AvgIpc) is 1.77. The summed E-state index contributed by atoms with van der Waals surface area (Å²) in [5.41, 5.74) is 3.82. The van der Waals surface area contributed by atoms with E-state index in [0.29, 0.717) is 97.9 Å². The molecule has 0 atom stereocenters. The predicted octanol–water partition coefficient (Wildman–Crippen LogP) is 3.96. The maximum atomic E-state index is 12.3. The minimum atomic E-state index is -0.899. The first-order chi connectivity index (χ1) is 47.9. The molecule has 0 saturated carbocycles. The van der Waals surface area contributed by atoms with E-state index in [1.165, 1.54) is 17.1 Å². The second-order valence-electron chi connectivity index (χ2n) is 31.2. The third-order valence-corrected chi connectivity index (χ3v) is 15.8. The molecule has 6 N–H and O–H groups in total. The number of ketones is 1. The third kappa shape index (κ3) is 53.5. The Hall–Kier alpha value is -5.87. The maximum absolute atomic E-state index is 12.3. The van der Waals surface area contributed by atoms with Gasteiger partial charge in [-0.25, -0.2) is 14.4 Å². The summed E-state index contributed by atoms with van der Waals surface area (Å²) in [5.74, 6) is -3.84. The van der Waals surface area contributed by atoms with Gasteiger partial charge in [-0.1, -0.05) is 36.7 Å².